The Morgan fingerprint density at radius 2 is 2.09 bits per heavy atom. The fourth-order valence-electron chi connectivity index (χ4n) is 2.04. The van der Waals surface area contributed by atoms with Crippen molar-refractivity contribution in [1.29, 1.82) is 0 Å². The van der Waals surface area contributed by atoms with Crippen molar-refractivity contribution >= 4 is 15.7 Å². The zero-order valence-corrected chi connectivity index (χ0v) is 13.7. The zero-order valence-electron chi connectivity index (χ0n) is 12.9. The van der Waals surface area contributed by atoms with E-state index >= 15 is 0 Å². The van der Waals surface area contributed by atoms with Crippen LogP contribution in [0.25, 0.3) is 5.69 Å². The summed E-state index contributed by atoms with van der Waals surface area (Å²) in [6.07, 6.45) is 1.55. The largest absolute Gasteiger partial charge is 0.353 e. The molecule has 1 N–H and O–H groups in total. The molecule has 0 atom stereocenters. The Morgan fingerprint density at radius 1 is 1.35 bits per heavy atom. The lowest BCUT2D eigenvalue weighted by Crippen LogP contribution is -2.35. The Morgan fingerprint density at radius 3 is 2.74 bits per heavy atom. The molecule has 23 heavy (non-hydrogen) atoms. The summed E-state index contributed by atoms with van der Waals surface area (Å²) in [5.41, 5.74) is 0.790. The zero-order chi connectivity index (χ0) is 17.0. The molecule has 0 saturated carbocycles. The van der Waals surface area contributed by atoms with Gasteiger partial charge in [0.2, 0.25) is 5.91 Å². The Balaban J connectivity index is 2.08. The van der Waals surface area contributed by atoms with E-state index in [-0.39, 0.29) is 11.8 Å². The van der Waals surface area contributed by atoms with Gasteiger partial charge in [-0.2, -0.15) is 5.10 Å². The minimum absolute atomic E-state index is 0.120. The number of carbonyl (C=O) groups is 1. The van der Waals surface area contributed by atoms with Gasteiger partial charge in [0, 0.05) is 12.2 Å². The van der Waals surface area contributed by atoms with E-state index in [1.54, 1.807) is 32.2 Å². The van der Waals surface area contributed by atoms with Crippen LogP contribution in [0, 0.1) is 5.82 Å². The first kappa shape index (κ1) is 17.1. The third-order valence-corrected chi connectivity index (χ3v) is 4.32. The molecular weight excluding hydrogens is 321 g/mol. The summed E-state index contributed by atoms with van der Waals surface area (Å²) in [5, 5.41) is 6.65. The van der Waals surface area contributed by atoms with Crippen molar-refractivity contribution < 1.29 is 17.6 Å². The normalized spacial score (nSPS) is 11.7. The van der Waals surface area contributed by atoms with Crippen LogP contribution in [0.15, 0.2) is 36.5 Å². The number of aromatic nitrogens is 2. The molecule has 124 valence electrons. The van der Waals surface area contributed by atoms with E-state index in [2.05, 4.69) is 10.4 Å². The molecule has 0 fully saturated rings. The number of sulfone groups is 1. The van der Waals surface area contributed by atoms with Gasteiger partial charge >= 0.3 is 0 Å². The number of carbonyl (C=O) groups excluding carboxylic acids is 1. The van der Waals surface area contributed by atoms with Crippen molar-refractivity contribution in [3.05, 3.63) is 48.0 Å². The quantitative estimate of drug-likeness (QED) is 0.864. The molecule has 6 nitrogen and oxygen atoms in total. The van der Waals surface area contributed by atoms with Gasteiger partial charge in [-0.1, -0.05) is 6.07 Å². The average molecular weight is 339 g/mol. The smallest absolute Gasteiger partial charge is 0.235 e. The first-order valence-electron chi connectivity index (χ1n) is 7.05. The van der Waals surface area contributed by atoms with Crippen LogP contribution >= 0.6 is 0 Å². The molecule has 0 unspecified atom stereocenters. The molecule has 2 rings (SSSR count). The van der Waals surface area contributed by atoms with Gasteiger partial charge in [0.05, 0.1) is 17.1 Å². The molecule has 1 amide bonds. The second-order valence-electron chi connectivity index (χ2n) is 5.49. The lowest BCUT2D eigenvalue weighted by Gasteiger charge is -2.08. The van der Waals surface area contributed by atoms with Gasteiger partial charge in [-0.25, -0.2) is 17.5 Å². The minimum Gasteiger partial charge on any atom is -0.353 e. The van der Waals surface area contributed by atoms with Crippen molar-refractivity contribution in [2.45, 2.75) is 25.6 Å². The highest BCUT2D eigenvalue weighted by molar-refractivity contribution is 7.91. The molecule has 0 bridgehead atoms. The molecule has 0 spiro atoms. The predicted molar refractivity (Wildman–Crippen MR) is 84.3 cm³/mol. The summed E-state index contributed by atoms with van der Waals surface area (Å²) in [6.45, 7) is 3.51. The van der Waals surface area contributed by atoms with Crippen molar-refractivity contribution in [3.63, 3.8) is 0 Å². The van der Waals surface area contributed by atoms with Crippen LogP contribution in [0.5, 0.6) is 0 Å². The fraction of sp³-hybridized carbons (Fsp3) is 0.333. The molecule has 8 heteroatoms. The van der Waals surface area contributed by atoms with Crippen LogP contribution in [0.2, 0.25) is 0 Å². The Bertz CT molecular complexity index is 800. The lowest BCUT2D eigenvalue weighted by molar-refractivity contribution is -0.119. The highest BCUT2D eigenvalue weighted by atomic mass is 32.2. The summed E-state index contributed by atoms with van der Waals surface area (Å²) < 4.78 is 38.6. The number of nitrogens with one attached hydrogen (secondary N) is 1. The van der Waals surface area contributed by atoms with Crippen molar-refractivity contribution in [2.24, 2.45) is 0 Å². The summed E-state index contributed by atoms with van der Waals surface area (Å²) >= 11 is 0. The monoisotopic (exact) mass is 339 g/mol. The maximum absolute atomic E-state index is 13.2. The van der Waals surface area contributed by atoms with Gasteiger partial charge in [-0.3, -0.25) is 4.79 Å². The molecule has 0 radical (unpaired) electrons. The van der Waals surface area contributed by atoms with Gasteiger partial charge in [-0.05, 0) is 38.1 Å². The van der Waals surface area contributed by atoms with Crippen molar-refractivity contribution in [1.82, 2.24) is 15.1 Å². The topological polar surface area (TPSA) is 81.1 Å². The number of amides is 1. The van der Waals surface area contributed by atoms with Gasteiger partial charge in [-0.15, -0.1) is 0 Å². The molecule has 0 aliphatic rings. The maximum Gasteiger partial charge on any atom is 0.235 e. The third kappa shape index (κ3) is 5.17. The number of hydrogen-bond donors (Lipinski definition) is 1. The van der Waals surface area contributed by atoms with Crippen LogP contribution in [0.4, 0.5) is 4.39 Å². The number of nitrogens with zero attached hydrogens (tertiary/aromatic N) is 2. The number of benzene rings is 1. The van der Waals surface area contributed by atoms with E-state index in [0.717, 1.165) is 0 Å². The van der Waals surface area contributed by atoms with Crippen LogP contribution in [0.1, 0.15) is 19.5 Å². The van der Waals surface area contributed by atoms with Gasteiger partial charge in [0.1, 0.15) is 11.6 Å². The summed E-state index contributed by atoms with van der Waals surface area (Å²) in [6, 6.07) is 7.21. The minimum atomic E-state index is -3.62. The molecule has 1 heterocycles. The van der Waals surface area contributed by atoms with E-state index in [1.807, 2.05) is 0 Å². The van der Waals surface area contributed by atoms with Crippen molar-refractivity contribution in [2.75, 3.05) is 5.75 Å². The van der Waals surface area contributed by atoms with Crippen LogP contribution < -0.4 is 5.32 Å². The first-order chi connectivity index (χ1) is 10.7. The van der Waals surface area contributed by atoms with Gasteiger partial charge < -0.3 is 5.32 Å². The van der Waals surface area contributed by atoms with Crippen LogP contribution in [0.3, 0.4) is 0 Å². The standard InChI is InChI=1S/C15H18FN3O3S/c1-11(2)17-15(20)10-23(21,22)9-13-6-7-19(18-13)14-5-3-4-12(16)8-14/h3-8,11H,9-10H2,1-2H3,(H,17,20). The van der Waals surface area contributed by atoms with Crippen LogP contribution in [-0.2, 0) is 20.4 Å². The first-order valence-corrected chi connectivity index (χ1v) is 8.87. The Kier molecular flexibility index (Phi) is 5.15. The molecule has 0 aliphatic heterocycles. The third-order valence-electron chi connectivity index (χ3n) is 2.89. The molecule has 0 aliphatic carbocycles. The number of hydrogen-bond acceptors (Lipinski definition) is 4. The molecule has 2 aromatic rings. The highest BCUT2D eigenvalue weighted by Crippen LogP contribution is 2.11. The van der Waals surface area contributed by atoms with Gasteiger partial charge in [0.25, 0.3) is 0 Å². The highest BCUT2D eigenvalue weighted by Gasteiger charge is 2.19. The Hall–Kier alpha value is -2.22. The molecule has 0 saturated heterocycles. The van der Waals surface area contributed by atoms with E-state index in [4.69, 9.17) is 0 Å². The molecular formula is C15H18FN3O3S. The second kappa shape index (κ2) is 6.91. The number of halogens is 1. The Labute approximate surface area is 134 Å². The summed E-state index contributed by atoms with van der Waals surface area (Å²) in [7, 11) is -3.62. The predicted octanol–water partition coefficient (Wildman–Crippen LogP) is 1.45. The molecule has 1 aromatic carbocycles. The fourth-order valence-corrected chi connectivity index (χ4v) is 3.23. The lowest BCUT2D eigenvalue weighted by atomic mass is 10.3. The van der Waals surface area contributed by atoms with Gasteiger partial charge in [0.15, 0.2) is 9.84 Å². The second-order valence-corrected chi connectivity index (χ2v) is 7.55. The number of rotatable bonds is 6. The van der Waals surface area contributed by atoms with E-state index < -0.39 is 27.3 Å². The van der Waals surface area contributed by atoms with Crippen molar-refractivity contribution in [3.8, 4) is 5.69 Å². The average Bonchev–Trinajstić information content (AvgIpc) is 2.84. The van der Waals surface area contributed by atoms with E-state index in [0.29, 0.717) is 11.4 Å². The summed E-state index contributed by atoms with van der Waals surface area (Å²) in [4.78, 5) is 11.6. The summed E-state index contributed by atoms with van der Waals surface area (Å²) in [5.74, 6) is -1.87. The maximum atomic E-state index is 13.2. The molecule has 1 aromatic heterocycles. The SMILES string of the molecule is CC(C)NC(=O)CS(=O)(=O)Cc1ccn(-c2cccc(F)c2)n1. The van der Waals surface area contributed by atoms with E-state index in [1.165, 1.54) is 22.9 Å². The van der Waals surface area contributed by atoms with Crippen LogP contribution in [-0.4, -0.2) is 35.9 Å². The van der Waals surface area contributed by atoms with E-state index in [9.17, 15) is 17.6 Å².